The van der Waals surface area contributed by atoms with Crippen molar-refractivity contribution in [2.45, 2.75) is 6.92 Å². The Bertz CT molecular complexity index is 690. The summed E-state index contributed by atoms with van der Waals surface area (Å²) in [4.78, 5) is 13.5. The average Bonchev–Trinajstić information content (AvgIpc) is 2.63. The van der Waals surface area contributed by atoms with Gasteiger partial charge in [-0.3, -0.25) is 0 Å². The number of benzene rings is 2. The molecule has 0 spiro atoms. The smallest absolute Gasteiger partial charge is 0.338 e. The van der Waals surface area contributed by atoms with Gasteiger partial charge in [-0.1, -0.05) is 18.2 Å². The van der Waals surface area contributed by atoms with Crippen molar-refractivity contribution in [3.05, 3.63) is 60.2 Å². The normalized spacial score (nSPS) is 10.0. The zero-order valence-electron chi connectivity index (χ0n) is 14.4. The summed E-state index contributed by atoms with van der Waals surface area (Å²) in [6.45, 7) is 3.33. The highest BCUT2D eigenvalue weighted by Crippen LogP contribution is 2.12. The number of likely N-dealkylation sites (N-methyl/N-ethyl adjacent to an activating group) is 1. The number of rotatable bonds is 7. The van der Waals surface area contributed by atoms with Crippen molar-refractivity contribution < 1.29 is 14.3 Å². The Hall–Kier alpha value is -2.60. The lowest BCUT2D eigenvalue weighted by Crippen LogP contribution is -2.34. The summed E-state index contributed by atoms with van der Waals surface area (Å²) in [6.07, 6.45) is 0. The number of esters is 1. The molecular formula is C19H22N2O3S. The molecule has 0 unspecified atom stereocenters. The highest BCUT2D eigenvalue weighted by molar-refractivity contribution is 7.80. The van der Waals surface area contributed by atoms with E-state index < -0.39 is 0 Å². The largest absolute Gasteiger partial charge is 0.492 e. The fraction of sp³-hybridized carbons (Fsp3) is 0.263. The van der Waals surface area contributed by atoms with Crippen LogP contribution >= 0.6 is 12.2 Å². The van der Waals surface area contributed by atoms with E-state index in [-0.39, 0.29) is 5.97 Å². The van der Waals surface area contributed by atoms with E-state index in [4.69, 9.17) is 21.7 Å². The van der Waals surface area contributed by atoms with Crippen LogP contribution in [-0.2, 0) is 4.74 Å². The minimum atomic E-state index is -0.327. The molecule has 0 aliphatic heterocycles. The summed E-state index contributed by atoms with van der Waals surface area (Å²) < 4.78 is 10.6. The van der Waals surface area contributed by atoms with E-state index in [0.717, 1.165) is 11.4 Å². The average molecular weight is 358 g/mol. The molecule has 0 heterocycles. The summed E-state index contributed by atoms with van der Waals surface area (Å²) in [5.41, 5.74) is 1.33. The van der Waals surface area contributed by atoms with Crippen LogP contribution in [0.4, 0.5) is 5.69 Å². The number of anilines is 1. The molecule has 2 rings (SSSR count). The first-order valence-corrected chi connectivity index (χ1v) is 8.48. The molecule has 0 amide bonds. The van der Waals surface area contributed by atoms with Crippen molar-refractivity contribution in [3.8, 4) is 5.75 Å². The Morgan fingerprint density at radius 1 is 1.12 bits per heavy atom. The Balaban J connectivity index is 1.79. The van der Waals surface area contributed by atoms with Gasteiger partial charge in [0.25, 0.3) is 0 Å². The zero-order chi connectivity index (χ0) is 18.1. The monoisotopic (exact) mass is 358 g/mol. The first kappa shape index (κ1) is 18.7. The molecule has 1 N–H and O–H groups in total. The Morgan fingerprint density at radius 2 is 1.80 bits per heavy atom. The van der Waals surface area contributed by atoms with Crippen LogP contribution < -0.4 is 10.1 Å². The predicted octanol–water partition coefficient (Wildman–Crippen LogP) is 3.57. The maximum atomic E-state index is 11.6. The predicted molar refractivity (Wildman–Crippen MR) is 103 cm³/mol. The molecule has 0 aliphatic carbocycles. The highest BCUT2D eigenvalue weighted by atomic mass is 32.1. The van der Waals surface area contributed by atoms with Gasteiger partial charge in [-0.15, -0.1) is 0 Å². The number of para-hydroxylation sites is 1. The van der Waals surface area contributed by atoms with Crippen LogP contribution in [0, 0.1) is 0 Å². The molecule has 0 fully saturated rings. The third kappa shape index (κ3) is 6.08. The summed E-state index contributed by atoms with van der Waals surface area (Å²) >= 11 is 5.38. The molecule has 0 bridgehead atoms. The number of nitrogens with one attached hydrogen (secondary N) is 1. The van der Waals surface area contributed by atoms with Crippen molar-refractivity contribution in [3.63, 3.8) is 0 Å². The number of carbonyl (C=O) groups excluding carboxylic acids is 1. The van der Waals surface area contributed by atoms with Gasteiger partial charge in [0.05, 0.1) is 18.7 Å². The second kappa shape index (κ2) is 9.64. The number of carbonyl (C=O) groups is 1. The van der Waals surface area contributed by atoms with Crippen LogP contribution in [-0.4, -0.2) is 42.8 Å². The van der Waals surface area contributed by atoms with E-state index in [1.165, 1.54) is 0 Å². The minimum Gasteiger partial charge on any atom is -0.492 e. The van der Waals surface area contributed by atoms with Crippen molar-refractivity contribution in [1.29, 1.82) is 0 Å². The van der Waals surface area contributed by atoms with Crippen LogP contribution in [0.25, 0.3) is 0 Å². The third-order valence-corrected chi connectivity index (χ3v) is 3.85. The molecule has 2 aromatic carbocycles. The van der Waals surface area contributed by atoms with E-state index in [1.807, 2.05) is 42.3 Å². The van der Waals surface area contributed by atoms with E-state index in [1.54, 1.807) is 31.2 Å². The molecule has 0 saturated heterocycles. The lowest BCUT2D eigenvalue weighted by molar-refractivity contribution is 0.0526. The summed E-state index contributed by atoms with van der Waals surface area (Å²) in [6, 6.07) is 16.7. The molecular weight excluding hydrogens is 336 g/mol. The van der Waals surface area contributed by atoms with E-state index in [9.17, 15) is 4.79 Å². The molecule has 25 heavy (non-hydrogen) atoms. The first-order chi connectivity index (χ1) is 12.1. The van der Waals surface area contributed by atoms with Crippen molar-refractivity contribution >= 4 is 29.0 Å². The third-order valence-electron chi connectivity index (χ3n) is 3.43. The lowest BCUT2D eigenvalue weighted by atomic mass is 10.2. The van der Waals surface area contributed by atoms with Crippen LogP contribution in [0.3, 0.4) is 0 Å². The number of ether oxygens (including phenoxy) is 2. The molecule has 0 atom stereocenters. The first-order valence-electron chi connectivity index (χ1n) is 8.07. The lowest BCUT2D eigenvalue weighted by Gasteiger charge is -2.21. The van der Waals surface area contributed by atoms with E-state index in [0.29, 0.717) is 30.4 Å². The van der Waals surface area contributed by atoms with Gasteiger partial charge < -0.3 is 19.7 Å². The molecule has 0 radical (unpaired) electrons. The van der Waals surface area contributed by atoms with Gasteiger partial charge >= 0.3 is 5.97 Å². The van der Waals surface area contributed by atoms with Crippen LogP contribution in [0.2, 0.25) is 0 Å². The van der Waals surface area contributed by atoms with Gasteiger partial charge in [0.2, 0.25) is 0 Å². The molecule has 132 valence electrons. The number of nitrogens with zero attached hydrogens (tertiary/aromatic N) is 1. The summed E-state index contributed by atoms with van der Waals surface area (Å²) in [5.74, 6) is 0.510. The molecule has 0 aromatic heterocycles. The van der Waals surface area contributed by atoms with Crippen LogP contribution in [0.1, 0.15) is 17.3 Å². The topological polar surface area (TPSA) is 50.8 Å². The fourth-order valence-corrected chi connectivity index (χ4v) is 2.25. The standard InChI is InChI=1S/C19H22N2O3S/c1-3-23-18(22)15-9-11-16(12-10-15)20-19(25)21(2)13-14-24-17-7-5-4-6-8-17/h4-12H,3,13-14H2,1-2H3,(H,20,25). The van der Waals surface area contributed by atoms with Gasteiger partial charge in [0.1, 0.15) is 12.4 Å². The van der Waals surface area contributed by atoms with Crippen molar-refractivity contribution in [2.24, 2.45) is 0 Å². The Labute approximate surface area is 153 Å². The zero-order valence-corrected chi connectivity index (χ0v) is 15.2. The molecule has 5 nitrogen and oxygen atoms in total. The van der Waals surface area contributed by atoms with E-state index in [2.05, 4.69) is 5.32 Å². The van der Waals surface area contributed by atoms with Crippen LogP contribution in [0.15, 0.2) is 54.6 Å². The van der Waals surface area contributed by atoms with Crippen molar-refractivity contribution in [1.82, 2.24) is 4.90 Å². The molecule has 0 aliphatic rings. The van der Waals surface area contributed by atoms with Gasteiger partial charge in [0, 0.05) is 12.7 Å². The van der Waals surface area contributed by atoms with Gasteiger partial charge in [-0.25, -0.2) is 4.79 Å². The van der Waals surface area contributed by atoms with Gasteiger partial charge in [-0.2, -0.15) is 0 Å². The maximum Gasteiger partial charge on any atom is 0.338 e. The molecule has 6 heteroatoms. The second-order valence-corrected chi connectivity index (χ2v) is 5.70. The maximum absolute atomic E-state index is 11.6. The second-order valence-electron chi connectivity index (χ2n) is 5.31. The SMILES string of the molecule is CCOC(=O)c1ccc(NC(=S)N(C)CCOc2ccccc2)cc1. The van der Waals surface area contributed by atoms with Crippen LogP contribution in [0.5, 0.6) is 5.75 Å². The minimum absolute atomic E-state index is 0.327. The summed E-state index contributed by atoms with van der Waals surface area (Å²) in [7, 11) is 1.90. The molecule has 0 saturated carbocycles. The summed E-state index contributed by atoms with van der Waals surface area (Å²) in [5, 5.41) is 3.72. The quantitative estimate of drug-likeness (QED) is 0.603. The highest BCUT2D eigenvalue weighted by Gasteiger charge is 2.08. The number of hydrogen-bond donors (Lipinski definition) is 1. The Kier molecular flexibility index (Phi) is 7.22. The fourth-order valence-electron chi connectivity index (χ4n) is 2.04. The van der Waals surface area contributed by atoms with Crippen molar-refractivity contribution in [2.75, 3.05) is 32.1 Å². The van der Waals surface area contributed by atoms with E-state index >= 15 is 0 Å². The molecule has 2 aromatic rings. The number of hydrogen-bond acceptors (Lipinski definition) is 4. The number of thiocarbonyl (C=S) groups is 1. The van der Waals surface area contributed by atoms with Gasteiger partial charge in [-0.05, 0) is 55.5 Å². The van der Waals surface area contributed by atoms with Gasteiger partial charge in [0.15, 0.2) is 5.11 Å². The Morgan fingerprint density at radius 3 is 2.44 bits per heavy atom.